The molecule has 9 heteroatoms. The van der Waals surface area contributed by atoms with Gasteiger partial charge in [0.2, 0.25) is 9.84 Å². The monoisotopic (exact) mass is 493 g/mol. The van der Waals surface area contributed by atoms with Gasteiger partial charge in [0.15, 0.2) is 0 Å². The predicted molar refractivity (Wildman–Crippen MR) is 135 cm³/mol. The van der Waals surface area contributed by atoms with E-state index in [0.29, 0.717) is 36.5 Å². The van der Waals surface area contributed by atoms with Gasteiger partial charge in [-0.2, -0.15) is 0 Å². The largest absolute Gasteiger partial charge is 0.493 e. The van der Waals surface area contributed by atoms with Gasteiger partial charge in [-0.15, -0.1) is 0 Å². The zero-order valence-corrected chi connectivity index (χ0v) is 20.6. The molecule has 4 aromatic rings. The first-order valence-corrected chi connectivity index (χ1v) is 12.9. The third-order valence-corrected chi connectivity index (χ3v) is 7.58. The van der Waals surface area contributed by atoms with Crippen molar-refractivity contribution in [3.63, 3.8) is 0 Å². The number of nitrogens with one attached hydrogen (secondary N) is 1. The number of sulfone groups is 1. The fraction of sp³-hybridized carbons (Fsp3) is 0.231. The van der Waals surface area contributed by atoms with E-state index in [1.165, 1.54) is 22.8 Å². The molecule has 0 aliphatic rings. The molecule has 0 radical (unpaired) electrons. The van der Waals surface area contributed by atoms with Gasteiger partial charge in [0.1, 0.15) is 5.75 Å². The first kappa shape index (κ1) is 24.3. The molecule has 0 atom stereocenters. The van der Waals surface area contributed by atoms with Crippen LogP contribution in [0.25, 0.3) is 11.0 Å². The molecular formula is C26H27N3O5S. The minimum absolute atomic E-state index is 0.0879. The molecule has 1 heterocycles. The number of rotatable bonds is 8. The highest BCUT2D eigenvalue weighted by Gasteiger charge is 2.26. The van der Waals surface area contributed by atoms with Gasteiger partial charge in [0, 0.05) is 13.1 Å². The Bertz CT molecular complexity index is 1550. The lowest BCUT2D eigenvalue weighted by Gasteiger charge is -2.15. The number of amides is 1. The van der Waals surface area contributed by atoms with Gasteiger partial charge in [0.25, 0.3) is 5.91 Å². The molecule has 8 nitrogen and oxygen atoms in total. The molecule has 0 spiro atoms. The Hall–Kier alpha value is -3.85. The number of carbonyl (C=O) groups is 1. The molecule has 1 N–H and O–H groups in total. The maximum Gasteiger partial charge on any atom is 0.329 e. The summed E-state index contributed by atoms with van der Waals surface area (Å²) in [6, 6.07) is 17.8. The number of imidazole rings is 1. The van der Waals surface area contributed by atoms with Crippen LogP contribution in [0.1, 0.15) is 31.1 Å². The van der Waals surface area contributed by atoms with E-state index in [9.17, 15) is 18.0 Å². The number of nitrogens with zero attached hydrogens (tertiary/aromatic N) is 2. The smallest absolute Gasteiger partial charge is 0.329 e. The minimum atomic E-state index is -4.02. The van der Waals surface area contributed by atoms with Crippen LogP contribution in [0.3, 0.4) is 0 Å². The van der Waals surface area contributed by atoms with E-state index in [1.54, 1.807) is 53.1 Å². The normalized spacial score (nSPS) is 11.5. The van der Waals surface area contributed by atoms with Crippen LogP contribution in [0.2, 0.25) is 0 Å². The Morgan fingerprint density at radius 1 is 0.886 bits per heavy atom. The molecule has 0 aliphatic heterocycles. The number of aromatic nitrogens is 2. The quantitative estimate of drug-likeness (QED) is 0.394. The topological polar surface area (TPSA) is 99.4 Å². The number of hydrogen-bond donors (Lipinski definition) is 1. The summed E-state index contributed by atoms with van der Waals surface area (Å²) in [6.07, 6.45) is 0. The van der Waals surface area contributed by atoms with Crippen LogP contribution in [0.15, 0.2) is 81.3 Å². The van der Waals surface area contributed by atoms with E-state index in [-0.39, 0.29) is 26.7 Å². The molecule has 3 aromatic carbocycles. The van der Waals surface area contributed by atoms with Crippen molar-refractivity contribution in [1.29, 1.82) is 0 Å². The van der Waals surface area contributed by atoms with Crippen LogP contribution in [-0.2, 0) is 22.9 Å². The third-order valence-electron chi connectivity index (χ3n) is 5.78. The second-order valence-corrected chi connectivity index (χ2v) is 9.73. The number of anilines is 1. The van der Waals surface area contributed by atoms with Crippen LogP contribution in [0.5, 0.6) is 5.75 Å². The molecule has 0 saturated heterocycles. The summed E-state index contributed by atoms with van der Waals surface area (Å²) >= 11 is 0. The van der Waals surface area contributed by atoms with Crippen LogP contribution in [0.4, 0.5) is 5.69 Å². The van der Waals surface area contributed by atoms with E-state index in [2.05, 4.69) is 5.32 Å². The summed E-state index contributed by atoms with van der Waals surface area (Å²) in [5.74, 6) is -0.123. The predicted octanol–water partition coefficient (Wildman–Crippen LogP) is 4.33. The Labute approximate surface area is 203 Å². The summed E-state index contributed by atoms with van der Waals surface area (Å²) < 4.78 is 36.0. The van der Waals surface area contributed by atoms with E-state index < -0.39 is 15.7 Å². The van der Waals surface area contributed by atoms with Crippen molar-refractivity contribution in [2.75, 3.05) is 11.9 Å². The highest BCUT2D eigenvalue weighted by molar-refractivity contribution is 7.91. The zero-order valence-electron chi connectivity index (χ0n) is 19.8. The summed E-state index contributed by atoms with van der Waals surface area (Å²) in [4.78, 5) is 26.2. The van der Waals surface area contributed by atoms with Crippen molar-refractivity contribution < 1.29 is 17.9 Å². The van der Waals surface area contributed by atoms with Crippen molar-refractivity contribution in [1.82, 2.24) is 9.13 Å². The van der Waals surface area contributed by atoms with E-state index in [0.717, 1.165) is 0 Å². The van der Waals surface area contributed by atoms with Crippen molar-refractivity contribution in [3.05, 3.63) is 82.8 Å². The van der Waals surface area contributed by atoms with Gasteiger partial charge in [0.05, 0.1) is 38.7 Å². The highest BCUT2D eigenvalue weighted by Crippen LogP contribution is 2.33. The van der Waals surface area contributed by atoms with Gasteiger partial charge in [-0.3, -0.25) is 13.9 Å². The van der Waals surface area contributed by atoms with Crippen LogP contribution in [0, 0.1) is 0 Å². The standard InChI is InChI=1S/C26H27N3O5S/c1-4-28-21-16-20(27-25(30)19-14-10-11-15-23(19)34-6-3)24(17-22(21)29(5-2)26(28)31)35(32,33)18-12-8-7-9-13-18/h7-17H,4-6H2,1-3H3,(H,27,30). The van der Waals surface area contributed by atoms with Crippen molar-refractivity contribution in [2.45, 2.75) is 43.7 Å². The summed E-state index contributed by atoms with van der Waals surface area (Å²) in [6.45, 7) is 6.62. The number of aryl methyl sites for hydroxylation is 2. The van der Waals surface area contributed by atoms with Crippen LogP contribution >= 0.6 is 0 Å². The van der Waals surface area contributed by atoms with E-state index in [1.807, 2.05) is 20.8 Å². The number of benzene rings is 3. The van der Waals surface area contributed by atoms with Crippen molar-refractivity contribution >= 4 is 32.5 Å². The average molecular weight is 494 g/mol. The molecular weight excluding hydrogens is 466 g/mol. The van der Waals surface area contributed by atoms with Gasteiger partial charge >= 0.3 is 5.69 Å². The van der Waals surface area contributed by atoms with E-state index in [4.69, 9.17) is 4.74 Å². The van der Waals surface area contributed by atoms with Gasteiger partial charge < -0.3 is 10.1 Å². The Morgan fingerprint density at radius 2 is 1.49 bits per heavy atom. The minimum Gasteiger partial charge on any atom is -0.493 e. The second kappa shape index (κ2) is 9.79. The number of hydrogen-bond acceptors (Lipinski definition) is 5. The molecule has 1 amide bonds. The Balaban J connectivity index is 1.95. The second-order valence-electron chi connectivity index (χ2n) is 7.81. The maximum atomic E-state index is 13.7. The van der Waals surface area contributed by atoms with Gasteiger partial charge in [-0.05, 0) is 57.2 Å². The molecule has 182 valence electrons. The highest BCUT2D eigenvalue weighted by atomic mass is 32.2. The molecule has 0 fully saturated rings. The third kappa shape index (κ3) is 4.35. The molecule has 1 aromatic heterocycles. The average Bonchev–Trinajstić information content (AvgIpc) is 3.13. The zero-order chi connectivity index (χ0) is 25.2. The molecule has 0 bridgehead atoms. The van der Waals surface area contributed by atoms with Crippen molar-refractivity contribution in [2.24, 2.45) is 0 Å². The number of fused-ring (bicyclic) bond motifs is 1. The molecule has 0 saturated carbocycles. The van der Waals surface area contributed by atoms with Gasteiger partial charge in [-0.1, -0.05) is 30.3 Å². The summed E-state index contributed by atoms with van der Waals surface area (Å²) in [5, 5.41) is 2.77. The van der Waals surface area contributed by atoms with Crippen molar-refractivity contribution in [3.8, 4) is 5.75 Å². The summed E-state index contributed by atoms with van der Waals surface area (Å²) in [5.41, 5.74) is 1.16. The molecule has 0 aliphatic carbocycles. The fourth-order valence-corrected chi connectivity index (χ4v) is 5.56. The van der Waals surface area contributed by atoms with Crippen LogP contribution < -0.4 is 15.7 Å². The number of carbonyl (C=O) groups excluding carboxylic acids is 1. The summed E-state index contributed by atoms with van der Waals surface area (Å²) in [7, 11) is -4.02. The lowest BCUT2D eigenvalue weighted by molar-refractivity contribution is 0.102. The van der Waals surface area contributed by atoms with Crippen LogP contribution in [-0.4, -0.2) is 30.1 Å². The van der Waals surface area contributed by atoms with Gasteiger partial charge in [-0.25, -0.2) is 13.2 Å². The number of ether oxygens (including phenoxy) is 1. The fourth-order valence-electron chi connectivity index (χ4n) is 4.12. The maximum absolute atomic E-state index is 13.7. The Kier molecular flexibility index (Phi) is 6.79. The molecule has 35 heavy (non-hydrogen) atoms. The SMILES string of the molecule is CCOc1ccccc1C(=O)Nc1cc2c(cc1S(=O)(=O)c1ccccc1)n(CC)c(=O)n2CC. The molecule has 0 unspecified atom stereocenters. The van der Waals surface area contributed by atoms with E-state index >= 15 is 0 Å². The lowest BCUT2D eigenvalue weighted by atomic mass is 10.1. The first-order valence-electron chi connectivity index (χ1n) is 11.4. The Morgan fingerprint density at radius 3 is 2.11 bits per heavy atom. The first-order chi connectivity index (χ1) is 16.8. The molecule has 4 rings (SSSR count). The number of para-hydroxylation sites is 1. The lowest BCUT2D eigenvalue weighted by Crippen LogP contribution is -2.23.